The number of hydrogen-bond donors (Lipinski definition) is 1. The highest BCUT2D eigenvalue weighted by atomic mass is 19.1. The lowest BCUT2D eigenvalue weighted by molar-refractivity contribution is -0.385. The maximum Gasteiger partial charge on any atom is 0.310 e. The van der Waals surface area contributed by atoms with Crippen molar-refractivity contribution in [1.29, 1.82) is 0 Å². The molecule has 0 aromatic heterocycles. The van der Waals surface area contributed by atoms with E-state index in [4.69, 9.17) is 5.11 Å². The fourth-order valence-electron chi connectivity index (χ4n) is 2.69. The zero-order chi connectivity index (χ0) is 17.2. The molecule has 0 atom stereocenters. The maximum atomic E-state index is 14.0. The van der Waals surface area contributed by atoms with Crippen LogP contribution in [0.15, 0.2) is 24.3 Å². The Hall–Kier alpha value is -2.28. The molecule has 0 amide bonds. The molecule has 0 bridgehead atoms. The van der Waals surface area contributed by atoms with Crippen LogP contribution in [0.3, 0.4) is 0 Å². The van der Waals surface area contributed by atoms with Gasteiger partial charge in [0.25, 0.3) is 5.69 Å². The smallest absolute Gasteiger partial charge is 0.310 e. The summed E-state index contributed by atoms with van der Waals surface area (Å²) in [6.45, 7) is 4.64. The zero-order valence-corrected chi connectivity index (χ0v) is 13.1. The van der Waals surface area contributed by atoms with Gasteiger partial charge in [-0.05, 0) is 31.9 Å². The highest BCUT2D eigenvalue weighted by Crippen LogP contribution is 2.33. The highest BCUT2D eigenvalue weighted by molar-refractivity contribution is 5.75. The molecule has 0 unspecified atom stereocenters. The summed E-state index contributed by atoms with van der Waals surface area (Å²) in [5.74, 6) is -1.48. The lowest BCUT2D eigenvalue weighted by atomic mass is 9.91. The largest absolute Gasteiger partial charge is 0.481 e. The van der Waals surface area contributed by atoms with Gasteiger partial charge in [0, 0.05) is 25.7 Å². The van der Waals surface area contributed by atoms with E-state index in [0.29, 0.717) is 31.6 Å². The second-order valence-corrected chi connectivity index (χ2v) is 6.29. The van der Waals surface area contributed by atoms with Crippen molar-refractivity contribution in [3.8, 4) is 0 Å². The van der Waals surface area contributed by atoms with Crippen LogP contribution in [0.5, 0.6) is 0 Å². The Labute approximate surface area is 133 Å². The third-order valence-corrected chi connectivity index (χ3v) is 4.00. The van der Waals surface area contributed by atoms with E-state index in [-0.39, 0.29) is 11.3 Å². The molecule has 1 N–H and O–H groups in total. The summed E-state index contributed by atoms with van der Waals surface area (Å²) in [5.41, 5.74) is -0.487. The molecule has 1 aromatic rings. The summed E-state index contributed by atoms with van der Waals surface area (Å²) in [5, 5.41) is 20.2. The molecule has 2 rings (SSSR count). The molecule has 0 radical (unpaired) electrons. The number of nitro benzene ring substituents is 1. The summed E-state index contributed by atoms with van der Waals surface area (Å²) in [4.78, 5) is 23.6. The predicted octanol–water partition coefficient (Wildman–Crippen LogP) is 2.93. The lowest BCUT2D eigenvalue weighted by Gasteiger charge is -2.32. The number of carbonyl (C=O) groups is 1. The van der Waals surface area contributed by atoms with Crippen molar-refractivity contribution in [2.75, 3.05) is 19.6 Å². The van der Waals surface area contributed by atoms with Crippen LogP contribution in [-0.2, 0) is 4.79 Å². The molecule has 1 heterocycles. The molecular weight excluding hydrogens is 303 g/mol. The highest BCUT2D eigenvalue weighted by Gasteiger charge is 2.31. The molecule has 1 aromatic carbocycles. The summed E-state index contributed by atoms with van der Waals surface area (Å²) >= 11 is 0. The van der Waals surface area contributed by atoms with Crippen LogP contribution in [0.2, 0.25) is 0 Å². The first kappa shape index (κ1) is 17.1. The van der Waals surface area contributed by atoms with Crippen LogP contribution in [-0.4, -0.2) is 40.5 Å². The molecule has 1 aliphatic heterocycles. The Bertz CT molecular complexity index is 670. The Morgan fingerprint density at radius 2 is 2.17 bits per heavy atom. The number of aliphatic carboxylic acids is 1. The van der Waals surface area contributed by atoms with E-state index in [1.165, 1.54) is 18.2 Å². The second-order valence-electron chi connectivity index (χ2n) is 6.29. The van der Waals surface area contributed by atoms with Crippen LogP contribution in [0.25, 0.3) is 5.57 Å². The normalized spacial score (nSPS) is 16.0. The summed E-state index contributed by atoms with van der Waals surface area (Å²) in [6, 6.07) is 3.82. The van der Waals surface area contributed by atoms with E-state index in [9.17, 15) is 19.3 Å². The molecule has 0 fully saturated rings. The number of hydrogen-bond acceptors (Lipinski definition) is 4. The fourth-order valence-corrected chi connectivity index (χ4v) is 2.69. The van der Waals surface area contributed by atoms with Crippen molar-refractivity contribution < 1.29 is 19.2 Å². The molecule has 0 aliphatic carbocycles. The van der Waals surface area contributed by atoms with Gasteiger partial charge in [0.1, 0.15) is 5.82 Å². The van der Waals surface area contributed by atoms with Gasteiger partial charge in [-0.25, -0.2) is 4.39 Å². The topological polar surface area (TPSA) is 83.7 Å². The van der Waals surface area contributed by atoms with Crippen molar-refractivity contribution in [3.63, 3.8) is 0 Å². The number of benzene rings is 1. The summed E-state index contributed by atoms with van der Waals surface area (Å²) in [6.07, 6.45) is 2.18. The number of rotatable bonds is 5. The van der Waals surface area contributed by atoms with Gasteiger partial charge in [-0.1, -0.05) is 12.1 Å². The maximum absolute atomic E-state index is 14.0. The van der Waals surface area contributed by atoms with E-state index in [1.54, 1.807) is 19.9 Å². The Kier molecular flexibility index (Phi) is 4.79. The van der Waals surface area contributed by atoms with Crippen LogP contribution < -0.4 is 0 Å². The third kappa shape index (κ3) is 3.73. The molecule has 124 valence electrons. The van der Waals surface area contributed by atoms with E-state index in [1.807, 2.05) is 4.90 Å². The van der Waals surface area contributed by atoms with Crippen molar-refractivity contribution in [2.24, 2.45) is 5.41 Å². The second kappa shape index (κ2) is 6.45. The molecule has 1 aliphatic rings. The standard InChI is InChI=1S/C16H19FN2O4/c1-16(2,15(20)21)10-18-8-6-11(7-9-18)14-12(17)4-3-5-13(14)19(22)23/h3-6H,7-10H2,1-2H3,(H,20,21). The van der Waals surface area contributed by atoms with Gasteiger partial charge in [0.05, 0.1) is 15.9 Å². The third-order valence-electron chi connectivity index (χ3n) is 4.00. The molecule has 0 spiro atoms. The van der Waals surface area contributed by atoms with Crippen LogP contribution in [0.1, 0.15) is 25.8 Å². The van der Waals surface area contributed by atoms with Gasteiger partial charge in [-0.15, -0.1) is 0 Å². The minimum absolute atomic E-state index is 0.0367. The number of halogens is 1. The van der Waals surface area contributed by atoms with Crippen LogP contribution >= 0.6 is 0 Å². The van der Waals surface area contributed by atoms with E-state index in [2.05, 4.69) is 0 Å². The lowest BCUT2D eigenvalue weighted by Crippen LogP contribution is -2.41. The van der Waals surface area contributed by atoms with Gasteiger partial charge in [0.2, 0.25) is 0 Å². The van der Waals surface area contributed by atoms with E-state index in [0.717, 1.165) is 0 Å². The summed E-state index contributed by atoms with van der Waals surface area (Å²) in [7, 11) is 0. The number of nitro groups is 1. The number of carboxylic acid groups (broad SMARTS) is 1. The van der Waals surface area contributed by atoms with Crippen molar-refractivity contribution in [1.82, 2.24) is 4.90 Å². The Morgan fingerprint density at radius 1 is 1.48 bits per heavy atom. The van der Waals surface area contributed by atoms with Gasteiger partial charge < -0.3 is 5.11 Å². The van der Waals surface area contributed by atoms with Crippen LogP contribution in [0, 0.1) is 21.3 Å². The minimum atomic E-state index is -0.880. The van der Waals surface area contributed by atoms with E-state index < -0.39 is 22.1 Å². The minimum Gasteiger partial charge on any atom is -0.481 e. The molecule has 6 nitrogen and oxygen atoms in total. The first-order chi connectivity index (χ1) is 10.7. The van der Waals surface area contributed by atoms with Gasteiger partial charge in [-0.3, -0.25) is 19.8 Å². The SMILES string of the molecule is CC(C)(CN1CC=C(c2c(F)cccc2[N+](=O)[O-])CC1)C(=O)O. The van der Waals surface area contributed by atoms with Crippen molar-refractivity contribution in [2.45, 2.75) is 20.3 Å². The molecule has 0 saturated carbocycles. The first-order valence-corrected chi connectivity index (χ1v) is 7.30. The van der Waals surface area contributed by atoms with Crippen molar-refractivity contribution >= 4 is 17.2 Å². The van der Waals surface area contributed by atoms with Crippen molar-refractivity contribution in [3.05, 3.63) is 45.8 Å². The average Bonchev–Trinajstić information content (AvgIpc) is 2.47. The Balaban J connectivity index is 2.20. The molecule has 7 heteroatoms. The van der Waals surface area contributed by atoms with Gasteiger partial charge in [-0.2, -0.15) is 0 Å². The summed E-state index contributed by atoms with van der Waals surface area (Å²) < 4.78 is 14.0. The molecular formula is C16H19FN2O4. The van der Waals surface area contributed by atoms with Crippen LogP contribution in [0.4, 0.5) is 10.1 Å². The monoisotopic (exact) mass is 322 g/mol. The molecule has 0 saturated heterocycles. The first-order valence-electron chi connectivity index (χ1n) is 7.30. The predicted molar refractivity (Wildman–Crippen MR) is 83.5 cm³/mol. The molecule has 23 heavy (non-hydrogen) atoms. The van der Waals surface area contributed by atoms with Gasteiger partial charge in [0.15, 0.2) is 0 Å². The van der Waals surface area contributed by atoms with Gasteiger partial charge >= 0.3 is 5.97 Å². The fraction of sp³-hybridized carbons (Fsp3) is 0.438. The van der Waals surface area contributed by atoms with E-state index >= 15 is 0 Å². The average molecular weight is 322 g/mol. The number of nitrogens with zero attached hydrogens (tertiary/aromatic N) is 2. The number of carboxylic acids is 1. The quantitative estimate of drug-likeness (QED) is 0.665. The Morgan fingerprint density at radius 3 is 2.70 bits per heavy atom. The zero-order valence-electron chi connectivity index (χ0n) is 13.1.